The molecule has 0 fully saturated rings. The fraction of sp³-hybridized carbons (Fsp3) is 0.0435. The number of hydrogen-bond donors (Lipinski definition) is 2. The van der Waals surface area contributed by atoms with E-state index in [0.29, 0.717) is 16.3 Å². The van der Waals surface area contributed by atoms with Crippen LogP contribution in [-0.2, 0) is 10.0 Å². The molecule has 2 aromatic carbocycles. The first-order valence-corrected chi connectivity index (χ1v) is 13.1. The normalized spacial score (nSPS) is 11.5. The van der Waals surface area contributed by atoms with Crippen molar-refractivity contribution in [2.75, 3.05) is 17.1 Å². The number of methoxy groups -OCH3 is 1. The number of anilines is 2. The van der Waals surface area contributed by atoms with Crippen molar-refractivity contribution in [2.24, 2.45) is 0 Å². The molecule has 4 aromatic rings. The number of sulfonamides is 1. The summed E-state index contributed by atoms with van der Waals surface area (Å²) >= 11 is 4.81. The maximum atomic E-state index is 12.6. The Bertz CT molecular complexity index is 1510. The lowest BCUT2D eigenvalue weighted by molar-refractivity contribution is 0.392. The van der Waals surface area contributed by atoms with Crippen molar-refractivity contribution < 1.29 is 13.2 Å². The van der Waals surface area contributed by atoms with Crippen LogP contribution < -0.4 is 14.8 Å². The highest BCUT2D eigenvalue weighted by Gasteiger charge is 2.15. The maximum absolute atomic E-state index is 12.6. The zero-order valence-electron chi connectivity index (χ0n) is 18.1. The molecule has 0 aliphatic rings. The Labute approximate surface area is 214 Å². The molecule has 12 heteroatoms. The molecular formula is C23H17BrN6O3S2. The van der Waals surface area contributed by atoms with Crippen LogP contribution in [0.15, 0.2) is 81.6 Å². The van der Waals surface area contributed by atoms with Crippen LogP contribution in [0.5, 0.6) is 5.88 Å². The minimum absolute atomic E-state index is 0.0451. The number of ether oxygens (including phenoxy) is 1. The summed E-state index contributed by atoms with van der Waals surface area (Å²) in [4.78, 5) is 4.61. The molecule has 0 radical (unpaired) electrons. The molecule has 0 unspecified atom stereocenters. The van der Waals surface area contributed by atoms with Gasteiger partial charge in [0.25, 0.3) is 10.0 Å². The van der Waals surface area contributed by atoms with Gasteiger partial charge in [-0.3, -0.25) is 4.72 Å². The molecule has 0 aliphatic carbocycles. The first-order valence-electron chi connectivity index (χ1n) is 9.97. The van der Waals surface area contributed by atoms with Gasteiger partial charge in [0.05, 0.1) is 17.7 Å². The summed E-state index contributed by atoms with van der Waals surface area (Å²) in [5, 5.41) is 22.6. The van der Waals surface area contributed by atoms with Gasteiger partial charge in [-0.05, 0) is 42.5 Å². The molecule has 176 valence electrons. The van der Waals surface area contributed by atoms with Crippen LogP contribution in [0.1, 0.15) is 5.01 Å². The molecule has 0 amide bonds. The monoisotopic (exact) mass is 568 g/mol. The number of benzene rings is 2. The number of allylic oxidation sites excluding steroid dienone is 1. The van der Waals surface area contributed by atoms with Gasteiger partial charge in [-0.15, -0.1) is 21.5 Å². The van der Waals surface area contributed by atoms with Crippen LogP contribution in [0.4, 0.5) is 11.5 Å². The van der Waals surface area contributed by atoms with E-state index in [1.54, 1.807) is 12.1 Å². The molecule has 4 rings (SSSR count). The van der Waals surface area contributed by atoms with Crippen LogP contribution in [0.3, 0.4) is 0 Å². The van der Waals surface area contributed by atoms with Gasteiger partial charge < -0.3 is 10.1 Å². The Morgan fingerprint density at radius 1 is 1.14 bits per heavy atom. The zero-order chi connectivity index (χ0) is 24.8. The Hall–Kier alpha value is -3.79. The highest BCUT2D eigenvalue weighted by Crippen LogP contribution is 2.28. The van der Waals surface area contributed by atoms with E-state index in [2.05, 4.69) is 47.2 Å². The van der Waals surface area contributed by atoms with Gasteiger partial charge >= 0.3 is 0 Å². The molecule has 2 heterocycles. The van der Waals surface area contributed by atoms with Crippen molar-refractivity contribution in [3.8, 4) is 23.2 Å². The molecule has 0 saturated carbocycles. The molecule has 2 aromatic heterocycles. The highest BCUT2D eigenvalue weighted by molar-refractivity contribution is 9.10. The number of nitrogens with one attached hydrogen (secondary N) is 2. The van der Waals surface area contributed by atoms with Crippen LogP contribution in [-0.4, -0.2) is 30.7 Å². The summed E-state index contributed by atoms with van der Waals surface area (Å²) in [5.41, 5.74) is 2.67. The largest absolute Gasteiger partial charge is 0.480 e. The second-order valence-electron chi connectivity index (χ2n) is 6.95. The highest BCUT2D eigenvalue weighted by atomic mass is 79.9. The molecule has 2 N–H and O–H groups in total. The Balaban J connectivity index is 1.45. The summed E-state index contributed by atoms with van der Waals surface area (Å²) in [6, 6.07) is 18.9. The number of nitrogens with zero attached hydrogens (tertiary/aromatic N) is 4. The minimum Gasteiger partial charge on any atom is -0.480 e. The summed E-state index contributed by atoms with van der Waals surface area (Å²) in [6.45, 7) is 0. The van der Waals surface area contributed by atoms with Gasteiger partial charge in [0.2, 0.25) is 5.88 Å². The van der Waals surface area contributed by atoms with E-state index < -0.39 is 10.0 Å². The van der Waals surface area contributed by atoms with E-state index in [4.69, 9.17) is 4.74 Å². The lowest BCUT2D eigenvalue weighted by Crippen LogP contribution is -2.14. The Morgan fingerprint density at radius 3 is 2.60 bits per heavy atom. The number of thiazole rings is 1. The van der Waals surface area contributed by atoms with E-state index in [1.807, 2.05) is 29.6 Å². The van der Waals surface area contributed by atoms with Crippen molar-refractivity contribution in [2.45, 2.75) is 4.90 Å². The van der Waals surface area contributed by atoms with E-state index in [-0.39, 0.29) is 16.6 Å². The van der Waals surface area contributed by atoms with Gasteiger partial charge in [-0.25, -0.2) is 13.4 Å². The van der Waals surface area contributed by atoms with Gasteiger partial charge in [-0.1, -0.05) is 28.1 Å². The third-order valence-electron chi connectivity index (χ3n) is 4.61. The minimum atomic E-state index is -3.86. The molecular weight excluding hydrogens is 552 g/mol. The third-order valence-corrected chi connectivity index (χ3v) is 7.35. The summed E-state index contributed by atoms with van der Waals surface area (Å²) < 4.78 is 33.4. The smallest absolute Gasteiger partial charge is 0.263 e. The zero-order valence-corrected chi connectivity index (χ0v) is 21.4. The molecule has 0 atom stereocenters. The quantitative estimate of drug-likeness (QED) is 0.279. The molecule has 0 spiro atoms. The van der Waals surface area contributed by atoms with Gasteiger partial charge in [-0.2, -0.15) is 5.26 Å². The van der Waals surface area contributed by atoms with E-state index >= 15 is 0 Å². The number of rotatable bonds is 8. The molecule has 0 bridgehead atoms. The van der Waals surface area contributed by atoms with Gasteiger partial charge in [0.15, 0.2) is 5.82 Å². The first-order chi connectivity index (χ1) is 16.9. The Morgan fingerprint density at radius 2 is 1.94 bits per heavy atom. The van der Waals surface area contributed by atoms with Crippen molar-refractivity contribution in [3.63, 3.8) is 0 Å². The molecule has 0 saturated heterocycles. The van der Waals surface area contributed by atoms with Crippen LogP contribution in [0, 0.1) is 11.3 Å². The van der Waals surface area contributed by atoms with Crippen molar-refractivity contribution >= 4 is 54.4 Å². The van der Waals surface area contributed by atoms with Crippen molar-refractivity contribution in [1.82, 2.24) is 15.2 Å². The van der Waals surface area contributed by atoms with E-state index in [9.17, 15) is 13.7 Å². The predicted molar refractivity (Wildman–Crippen MR) is 138 cm³/mol. The average Bonchev–Trinajstić information content (AvgIpc) is 3.35. The molecule has 0 aliphatic heterocycles. The van der Waals surface area contributed by atoms with Crippen molar-refractivity contribution in [3.05, 3.63) is 81.7 Å². The van der Waals surface area contributed by atoms with Gasteiger partial charge in [0, 0.05) is 33.4 Å². The number of hydrogen-bond acceptors (Lipinski definition) is 9. The first kappa shape index (κ1) is 24.3. The van der Waals surface area contributed by atoms with Crippen LogP contribution >= 0.6 is 27.3 Å². The fourth-order valence-electron chi connectivity index (χ4n) is 2.89. The molecule has 9 nitrogen and oxygen atoms in total. The van der Waals surface area contributed by atoms with E-state index in [0.717, 1.165) is 15.7 Å². The number of halogens is 1. The lowest BCUT2D eigenvalue weighted by atomic mass is 10.2. The summed E-state index contributed by atoms with van der Waals surface area (Å²) in [7, 11) is -2.42. The van der Waals surface area contributed by atoms with Crippen LogP contribution in [0.25, 0.3) is 16.8 Å². The number of nitriles is 1. The fourth-order valence-corrected chi connectivity index (χ4v) is 5.08. The maximum Gasteiger partial charge on any atom is 0.263 e. The predicted octanol–water partition coefficient (Wildman–Crippen LogP) is 5.15. The summed E-state index contributed by atoms with van der Waals surface area (Å²) in [6.07, 6.45) is 1.54. The van der Waals surface area contributed by atoms with Gasteiger partial charge in [0.1, 0.15) is 16.6 Å². The second-order valence-corrected chi connectivity index (χ2v) is 10.4. The Kier molecular flexibility index (Phi) is 7.40. The second kappa shape index (κ2) is 10.6. The average molecular weight is 569 g/mol. The van der Waals surface area contributed by atoms with Crippen molar-refractivity contribution in [1.29, 1.82) is 5.26 Å². The van der Waals surface area contributed by atoms with Crippen LogP contribution in [0.2, 0.25) is 0 Å². The topological polar surface area (TPSA) is 130 Å². The number of aromatic nitrogens is 3. The summed E-state index contributed by atoms with van der Waals surface area (Å²) in [5.74, 6) is 0.343. The molecule has 35 heavy (non-hydrogen) atoms. The third kappa shape index (κ3) is 6.02. The standard InChI is InChI=1S/C23H17BrN6O3S2/c1-33-22-10-9-21(28-29-22)30-35(31,32)19-7-5-18(6-8-19)26-13-16(12-25)23-27-20(14-34-23)15-3-2-4-17(24)11-15/h2-11,13-14,26H,1H3,(H,28,30). The van der Waals surface area contributed by atoms with E-state index in [1.165, 1.54) is 48.9 Å². The lowest BCUT2D eigenvalue weighted by Gasteiger charge is -2.08. The SMILES string of the molecule is COc1ccc(NS(=O)(=O)c2ccc(NC=C(C#N)c3nc(-c4cccc(Br)c4)cs3)cc2)nn1.